The molecule has 0 aromatic carbocycles. The summed E-state index contributed by atoms with van der Waals surface area (Å²) in [5.74, 6) is 0. The number of pyridine rings is 1. The fourth-order valence-corrected chi connectivity index (χ4v) is 1.19. The van der Waals surface area contributed by atoms with Gasteiger partial charge >= 0.3 is 0 Å². The third kappa shape index (κ3) is 2.08. The molecule has 0 aliphatic heterocycles. The van der Waals surface area contributed by atoms with E-state index in [1.807, 2.05) is 26.2 Å². The zero-order valence-corrected chi connectivity index (χ0v) is 8.46. The summed E-state index contributed by atoms with van der Waals surface area (Å²) in [4.78, 5) is 7.37. The molecule has 0 saturated heterocycles. The van der Waals surface area contributed by atoms with Crippen molar-refractivity contribution in [2.75, 3.05) is 0 Å². The van der Waals surface area contributed by atoms with Crippen molar-refractivity contribution < 1.29 is 0 Å². The van der Waals surface area contributed by atoms with E-state index in [2.05, 4.69) is 29.0 Å². The molecule has 2 heterocycles. The molecule has 2 heteroatoms. The molecule has 0 spiro atoms. The van der Waals surface area contributed by atoms with E-state index in [-0.39, 0.29) is 0 Å². The number of hydrogen-bond acceptors (Lipinski definition) is 1. The molecule has 0 bridgehead atoms. The number of fused-ring (bicyclic) bond motifs is 1. The molecule has 0 aliphatic rings. The smallest absolute Gasteiger partial charge is 0.0640 e. The van der Waals surface area contributed by atoms with E-state index in [1.54, 1.807) is 0 Å². The first-order valence-corrected chi connectivity index (χ1v) is 4.82. The van der Waals surface area contributed by atoms with Crippen molar-refractivity contribution in [1.29, 1.82) is 0 Å². The maximum absolute atomic E-state index is 4.27. The van der Waals surface area contributed by atoms with Gasteiger partial charge in [0.1, 0.15) is 0 Å². The number of nitrogens with zero attached hydrogens (tertiary/aromatic N) is 1. The molecule has 1 N–H and O–H groups in total. The van der Waals surface area contributed by atoms with Crippen molar-refractivity contribution in [3.63, 3.8) is 0 Å². The number of aryl methyl sites for hydroxylation is 1. The van der Waals surface area contributed by atoms with Gasteiger partial charge in [-0.25, -0.2) is 0 Å². The third-order valence-electron chi connectivity index (χ3n) is 1.86. The highest BCUT2D eigenvalue weighted by molar-refractivity contribution is 5.78. The Morgan fingerprint density at radius 3 is 2.85 bits per heavy atom. The highest BCUT2D eigenvalue weighted by Gasteiger charge is 1.94. The average Bonchev–Trinajstić information content (AvgIpc) is 2.67. The molecule has 0 unspecified atom stereocenters. The van der Waals surface area contributed by atoms with Gasteiger partial charge in [0, 0.05) is 17.3 Å². The Hall–Kier alpha value is -1.31. The lowest BCUT2D eigenvalue weighted by atomic mass is 10.2. The van der Waals surface area contributed by atoms with E-state index in [9.17, 15) is 0 Å². The minimum Gasteiger partial charge on any atom is -0.360 e. The number of H-pyrrole nitrogens is 1. The highest BCUT2D eigenvalue weighted by Crippen LogP contribution is 2.11. The van der Waals surface area contributed by atoms with E-state index in [0.717, 1.165) is 17.6 Å². The topological polar surface area (TPSA) is 28.7 Å². The largest absolute Gasteiger partial charge is 0.360 e. The maximum Gasteiger partial charge on any atom is 0.0640 e. The van der Waals surface area contributed by atoms with Crippen LogP contribution in [0.3, 0.4) is 0 Å². The van der Waals surface area contributed by atoms with E-state index in [4.69, 9.17) is 0 Å². The van der Waals surface area contributed by atoms with Gasteiger partial charge in [0.15, 0.2) is 0 Å². The van der Waals surface area contributed by atoms with Crippen LogP contribution in [0.15, 0.2) is 24.5 Å². The molecule has 2 aromatic heterocycles. The lowest BCUT2D eigenvalue weighted by molar-refractivity contribution is 1.04. The molecule has 0 fully saturated rings. The normalized spacial score (nSPS) is 9.46. The van der Waals surface area contributed by atoms with Gasteiger partial charge in [-0.05, 0) is 18.6 Å². The molecule has 2 aromatic rings. The Labute approximate surface area is 79.0 Å². The van der Waals surface area contributed by atoms with Crippen molar-refractivity contribution >= 4 is 10.9 Å². The van der Waals surface area contributed by atoms with Crippen molar-refractivity contribution in [2.24, 2.45) is 0 Å². The molecular formula is C11H16N2. The predicted octanol–water partition coefficient (Wildman–Crippen LogP) is 3.15. The molecular weight excluding hydrogens is 160 g/mol. The fraction of sp³-hybridized carbons (Fsp3) is 0.364. The Morgan fingerprint density at radius 2 is 2.15 bits per heavy atom. The zero-order chi connectivity index (χ0) is 9.68. The average molecular weight is 176 g/mol. The van der Waals surface area contributed by atoms with Crippen LogP contribution in [0.2, 0.25) is 0 Å². The lowest BCUT2D eigenvalue weighted by Crippen LogP contribution is -1.84. The van der Waals surface area contributed by atoms with Gasteiger partial charge in [0.2, 0.25) is 0 Å². The van der Waals surface area contributed by atoms with E-state index < -0.39 is 0 Å². The van der Waals surface area contributed by atoms with Gasteiger partial charge in [-0.3, -0.25) is 4.98 Å². The summed E-state index contributed by atoms with van der Waals surface area (Å²) in [6.07, 6.45) is 4.82. The van der Waals surface area contributed by atoms with Crippen LogP contribution in [0, 0.1) is 0 Å². The number of aromatic amines is 1. The van der Waals surface area contributed by atoms with Gasteiger partial charge < -0.3 is 4.98 Å². The minimum atomic E-state index is 1.00. The van der Waals surface area contributed by atoms with Crippen LogP contribution in [0.1, 0.15) is 26.5 Å². The standard InChI is InChI=1S/C9H10N2.C2H6/c1-2-8-5-7-3-4-10-9(7)6-11-8;1-2/h3-6,10H,2H2,1H3;1-2H3. The van der Waals surface area contributed by atoms with Gasteiger partial charge in [-0.2, -0.15) is 0 Å². The Balaban J connectivity index is 0.000000396. The minimum absolute atomic E-state index is 1.00. The number of rotatable bonds is 1. The van der Waals surface area contributed by atoms with Gasteiger partial charge in [0.05, 0.1) is 11.7 Å². The van der Waals surface area contributed by atoms with Crippen LogP contribution in [0.4, 0.5) is 0 Å². The summed E-state index contributed by atoms with van der Waals surface area (Å²) in [5, 5.41) is 1.25. The number of aromatic nitrogens is 2. The van der Waals surface area contributed by atoms with Crippen molar-refractivity contribution in [3.05, 3.63) is 30.2 Å². The van der Waals surface area contributed by atoms with E-state index >= 15 is 0 Å². The van der Waals surface area contributed by atoms with Gasteiger partial charge in [-0.1, -0.05) is 20.8 Å². The molecule has 13 heavy (non-hydrogen) atoms. The third-order valence-corrected chi connectivity index (χ3v) is 1.86. The molecule has 70 valence electrons. The monoisotopic (exact) mass is 176 g/mol. The van der Waals surface area contributed by atoms with Crippen LogP contribution < -0.4 is 0 Å². The summed E-state index contributed by atoms with van der Waals surface area (Å²) < 4.78 is 0. The molecule has 0 atom stereocenters. The van der Waals surface area contributed by atoms with Crippen LogP contribution in [0.5, 0.6) is 0 Å². The second-order valence-corrected chi connectivity index (χ2v) is 2.59. The van der Waals surface area contributed by atoms with Crippen LogP contribution in [-0.2, 0) is 6.42 Å². The molecule has 0 aliphatic carbocycles. The van der Waals surface area contributed by atoms with Crippen molar-refractivity contribution in [2.45, 2.75) is 27.2 Å². The zero-order valence-electron chi connectivity index (χ0n) is 8.46. The van der Waals surface area contributed by atoms with Crippen LogP contribution >= 0.6 is 0 Å². The van der Waals surface area contributed by atoms with E-state index in [0.29, 0.717) is 0 Å². The first-order chi connectivity index (χ1) is 6.40. The highest BCUT2D eigenvalue weighted by atomic mass is 14.7. The van der Waals surface area contributed by atoms with Gasteiger partial charge in [-0.15, -0.1) is 0 Å². The molecule has 2 nitrogen and oxygen atoms in total. The molecule has 2 rings (SSSR count). The van der Waals surface area contributed by atoms with Crippen LogP contribution in [-0.4, -0.2) is 9.97 Å². The lowest BCUT2D eigenvalue weighted by Gasteiger charge is -1.93. The molecule has 0 saturated carbocycles. The predicted molar refractivity (Wildman–Crippen MR) is 56.8 cm³/mol. The first-order valence-electron chi connectivity index (χ1n) is 4.82. The summed E-state index contributed by atoms with van der Waals surface area (Å²) in [5.41, 5.74) is 2.26. The quantitative estimate of drug-likeness (QED) is 0.710. The maximum atomic E-state index is 4.27. The first kappa shape index (κ1) is 9.78. The summed E-state index contributed by atoms with van der Waals surface area (Å²) in [6.45, 7) is 6.11. The second-order valence-electron chi connectivity index (χ2n) is 2.59. The second kappa shape index (κ2) is 4.65. The molecule has 0 amide bonds. The summed E-state index contributed by atoms with van der Waals surface area (Å²) in [7, 11) is 0. The number of nitrogens with one attached hydrogen (secondary N) is 1. The summed E-state index contributed by atoms with van der Waals surface area (Å²) >= 11 is 0. The molecule has 0 radical (unpaired) electrons. The van der Waals surface area contributed by atoms with Gasteiger partial charge in [0.25, 0.3) is 0 Å². The van der Waals surface area contributed by atoms with Crippen molar-refractivity contribution in [3.8, 4) is 0 Å². The summed E-state index contributed by atoms with van der Waals surface area (Å²) in [6, 6.07) is 4.18. The SMILES string of the molecule is CC.CCc1cc2cc[nH]c2cn1. The Morgan fingerprint density at radius 1 is 1.38 bits per heavy atom. The van der Waals surface area contributed by atoms with Crippen molar-refractivity contribution in [1.82, 2.24) is 9.97 Å². The Bertz CT molecular complexity index is 363. The van der Waals surface area contributed by atoms with E-state index in [1.165, 1.54) is 5.39 Å². The van der Waals surface area contributed by atoms with Crippen LogP contribution in [0.25, 0.3) is 10.9 Å². The number of hydrogen-bond donors (Lipinski definition) is 1. The fourth-order valence-electron chi connectivity index (χ4n) is 1.19. The Kier molecular flexibility index (Phi) is 3.50.